The summed E-state index contributed by atoms with van der Waals surface area (Å²) in [5, 5.41) is 5.40. The van der Waals surface area contributed by atoms with Gasteiger partial charge < -0.3 is 14.4 Å². The molecule has 0 unspecified atom stereocenters. The molecule has 0 radical (unpaired) electrons. The van der Waals surface area contributed by atoms with Crippen LogP contribution in [0, 0.1) is 6.92 Å². The molecule has 2 aliphatic heterocycles. The number of benzene rings is 1. The van der Waals surface area contributed by atoms with Gasteiger partial charge in [0, 0.05) is 30.0 Å². The normalized spacial score (nSPS) is 18.2. The van der Waals surface area contributed by atoms with Gasteiger partial charge in [0.25, 0.3) is 5.91 Å². The van der Waals surface area contributed by atoms with Gasteiger partial charge in [-0.3, -0.25) is 14.9 Å². The van der Waals surface area contributed by atoms with E-state index in [9.17, 15) is 14.4 Å². The minimum atomic E-state index is -0.485. The Morgan fingerprint density at radius 1 is 1.26 bits per heavy atom. The lowest BCUT2D eigenvalue weighted by Crippen LogP contribution is -2.41. The van der Waals surface area contributed by atoms with Gasteiger partial charge in [-0.1, -0.05) is 6.07 Å². The predicted octanol–water partition coefficient (Wildman–Crippen LogP) is 4.57. The number of aryl methyl sites for hydroxylation is 1. The number of ether oxygens (including phenoxy) is 2. The van der Waals surface area contributed by atoms with Crippen LogP contribution in [-0.4, -0.2) is 46.5 Å². The molecule has 0 atom stereocenters. The minimum absolute atomic E-state index is 0.113. The number of thiazole rings is 1. The number of nitrogens with one attached hydrogen (secondary N) is 1. The molecule has 0 aliphatic carbocycles. The van der Waals surface area contributed by atoms with Crippen molar-refractivity contribution in [3.8, 4) is 5.75 Å². The molecule has 2 fully saturated rings. The summed E-state index contributed by atoms with van der Waals surface area (Å²) in [6.45, 7) is 9.29. The van der Waals surface area contributed by atoms with Crippen LogP contribution in [0.5, 0.6) is 5.75 Å². The van der Waals surface area contributed by atoms with Crippen molar-refractivity contribution in [3.05, 3.63) is 51.0 Å². The highest BCUT2D eigenvalue weighted by Crippen LogP contribution is 2.31. The molecule has 8 nitrogen and oxygen atoms in total. The van der Waals surface area contributed by atoms with E-state index in [4.69, 9.17) is 14.5 Å². The molecule has 3 amide bonds. The standard InChI is InChI=1S/C26H31N3O5S/c1-16-11-17(12-19-13-22(30)28-23(19)31)5-6-21(16)33-14-20-15-35-24(27-20)18-7-9-29(10-8-18)25(32)34-26(2,3)4/h5-6,11-12,15,18H,7-10,13-14H2,1-4H3,(H,28,30,31)/b19-12+. The third-order valence-corrected chi connectivity index (χ3v) is 6.93. The average Bonchev–Trinajstić information content (AvgIpc) is 3.38. The molecule has 0 bridgehead atoms. The Hall–Kier alpha value is -3.20. The maximum atomic E-state index is 12.3. The van der Waals surface area contributed by atoms with Crippen LogP contribution in [0.3, 0.4) is 0 Å². The van der Waals surface area contributed by atoms with E-state index in [1.165, 1.54) is 0 Å². The van der Waals surface area contributed by atoms with Gasteiger partial charge in [-0.25, -0.2) is 9.78 Å². The second kappa shape index (κ2) is 10.2. The van der Waals surface area contributed by atoms with Crippen molar-refractivity contribution in [2.24, 2.45) is 0 Å². The van der Waals surface area contributed by atoms with Crippen molar-refractivity contribution in [1.82, 2.24) is 15.2 Å². The van der Waals surface area contributed by atoms with Crippen LogP contribution < -0.4 is 10.1 Å². The lowest BCUT2D eigenvalue weighted by Gasteiger charge is -2.32. The first kappa shape index (κ1) is 24.9. The van der Waals surface area contributed by atoms with Gasteiger partial charge in [0.15, 0.2) is 0 Å². The molecule has 3 heterocycles. The second-order valence-corrected chi connectivity index (χ2v) is 10.8. The summed E-state index contributed by atoms with van der Waals surface area (Å²) in [5.74, 6) is 0.484. The SMILES string of the molecule is Cc1cc(/C=C2\CC(=O)NC2=O)ccc1OCc1csc(C2CCN(C(=O)OC(C)(C)C)CC2)n1. The first-order valence-corrected chi connectivity index (χ1v) is 12.7. The van der Waals surface area contributed by atoms with Crippen LogP contribution >= 0.6 is 11.3 Å². The number of piperidine rings is 1. The molecule has 0 spiro atoms. The van der Waals surface area contributed by atoms with Gasteiger partial charge in [0.2, 0.25) is 5.91 Å². The van der Waals surface area contributed by atoms with Crippen LogP contribution in [0.25, 0.3) is 6.08 Å². The fourth-order valence-electron chi connectivity index (χ4n) is 4.11. The highest BCUT2D eigenvalue weighted by Gasteiger charge is 2.29. The topological polar surface area (TPSA) is 97.8 Å². The van der Waals surface area contributed by atoms with Crippen molar-refractivity contribution in [3.63, 3.8) is 0 Å². The Morgan fingerprint density at radius 2 is 2.00 bits per heavy atom. The summed E-state index contributed by atoms with van der Waals surface area (Å²) in [6, 6.07) is 5.68. The third kappa shape index (κ3) is 6.48. The number of carbonyl (C=O) groups excluding carboxylic acids is 3. The molecule has 1 aromatic carbocycles. The van der Waals surface area contributed by atoms with E-state index < -0.39 is 5.60 Å². The Bertz CT molecular complexity index is 1160. The highest BCUT2D eigenvalue weighted by atomic mass is 32.1. The molecule has 2 saturated heterocycles. The maximum absolute atomic E-state index is 12.3. The van der Waals surface area contributed by atoms with Crippen molar-refractivity contribution in [2.75, 3.05) is 13.1 Å². The molecule has 186 valence electrons. The molecule has 35 heavy (non-hydrogen) atoms. The molecule has 4 rings (SSSR count). The number of likely N-dealkylation sites (tertiary alicyclic amines) is 1. The van der Waals surface area contributed by atoms with Gasteiger partial charge in [-0.05, 0) is 69.9 Å². The number of rotatable bonds is 5. The third-order valence-electron chi connectivity index (χ3n) is 5.88. The zero-order valence-electron chi connectivity index (χ0n) is 20.6. The van der Waals surface area contributed by atoms with Crippen molar-refractivity contribution >= 4 is 35.3 Å². The average molecular weight is 498 g/mol. The number of nitrogens with zero attached hydrogens (tertiary/aromatic N) is 2. The number of imide groups is 1. The predicted molar refractivity (Wildman–Crippen MR) is 133 cm³/mol. The van der Waals surface area contributed by atoms with Crippen LogP contribution in [0.1, 0.15) is 67.8 Å². The second-order valence-electron chi connectivity index (χ2n) is 9.96. The van der Waals surface area contributed by atoms with Crippen LogP contribution in [0.15, 0.2) is 29.2 Å². The molecular weight excluding hydrogens is 466 g/mol. The Labute approximate surface area is 209 Å². The van der Waals surface area contributed by atoms with Crippen molar-refractivity contribution < 1.29 is 23.9 Å². The molecular formula is C26H31N3O5S. The van der Waals surface area contributed by atoms with E-state index in [0.29, 0.717) is 31.2 Å². The van der Waals surface area contributed by atoms with Gasteiger partial charge in [0.1, 0.15) is 18.0 Å². The van der Waals surface area contributed by atoms with E-state index in [0.717, 1.165) is 40.4 Å². The van der Waals surface area contributed by atoms with Crippen molar-refractivity contribution in [1.29, 1.82) is 0 Å². The first-order valence-electron chi connectivity index (χ1n) is 11.8. The largest absolute Gasteiger partial charge is 0.487 e. The quantitative estimate of drug-likeness (QED) is 0.480. The lowest BCUT2D eigenvalue weighted by molar-refractivity contribution is -0.124. The molecule has 2 aromatic rings. The number of aromatic nitrogens is 1. The molecule has 1 N–H and O–H groups in total. The number of amides is 3. The van der Waals surface area contributed by atoms with Crippen LogP contribution in [0.2, 0.25) is 0 Å². The van der Waals surface area contributed by atoms with Crippen molar-refractivity contribution in [2.45, 2.75) is 65.1 Å². The number of hydrogen-bond donors (Lipinski definition) is 1. The molecule has 2 aliphatic rings. The monoisotopic (exact) mass is 497 g/mol. The Morgan fingerprint density at radius 3 is 2.63 bits per heavy atom. The van der Waals surface area contributed by atoms with E-state index >= 15 is 0 Å². The maximum Gasteiger partial charge on any atom is 0.410 e. The summed E-state index contributed by atoms with van der Waals surface area (Å²) < 4.78 is 11.5. The van der Waals surface area contributed by atoms with Gasteiger partial charge in [-0.15, -0.1) is 11.3 Å². The lowest BCUT2D eigenvalue weighted by atomic mass is 9.98. The molecule has 1 aromatic heterocycles. The molecule has 9 heteroatoms. The van der Waals surface area contributed by atoms with Crippen LogP contribution in [0.4, 0.5) is 4.79 Å². The summed E-state index contributed by atoms with van der Waals surface area (Å²) in [7, 11) is 0. The Kier molecular flexibility index (Phi) is 7.25. The Balaban J connectivity index is 1.30. The highest BCUT2D eigenvalue weighted by molar-refractivity contribution is 7.09. The zero-order chi connectivity index (χ0) is 25.2. The van der Waals surface area contributed by atoms with Gasteiger partial charge in [0.05, 0.1) is 17.1 Å². The summed E-state index contributed by atoms with van der Waals surface area (Å²) in [4.78, 5) is 42.0. The summed E-state index contributed by atoms with van der Waals surface area (Å²) >= 11 is 1.64. The number of hydrogen-bond acceptors (Lipinski definition) is 7. The first-order chi connectivity index (χ1) is 16.6. The van der Waals surface area contributed by atoms with E-state index in [1.54, 1.807) is 22.3 Å². The molecule has 0 saturated carbocycles. The smallest absolute Gasteiger partial charge is 0.410 e. The van der Waals surface area contributed by atoms with Gasteiger partial charge in [-0.2, -0.15) is 0 Å². The zero-order valence-corrected chi connectivity index (χ0v) is 21.4. The minimum Gasteiger partial charge on any atom is -0.487 e. The fraction of sp³-hybridized carbons (Fsp3) is 0.462. The van der Waals surface area contributed by atoms with Gasteiger partial charge >= 0.3 is 6.09 Å². The van der Waals surface area contributed by atoms with E-state index in [2.05, 4.69) is 5.32 Å². The fourth-order valence-corrected chi connectivity index (χ4v) is 5.09. The summed E-state index contributed by atoms with van der Waals surface area (Å²) in [6.07, 6.45) is 3.33. The summed E-state index contributed by atoms with van der Waals surface area (Å²) in [5.41, 5.74) is 2.65. The van der Waals surface area contributed by atoms with E-state index in [1.807, 2.05) is 51.3 Å². The number of carbonyl (C=O) groups is 3. The van der Waals surface area contributed by atoms with Crippen LogP contribution in [-0.2, 0) is 20.9 Å². The van der Waals surface area contributed by atoms with E-state index in [-0.39, 0.29) is 24.3 Å².